The molecule has 6 rings (SSSR count). The molecule has 0 atom stereocenters. The molecule has 0 N–H and O–H groups in total. The van der Waals surface area contributed by atoms with Gasteiger partial charge in [-0.05, 0) is 90.0 Å². The predicted octanol–water partition coefficient (Wildman–Crippen LogP) is 10.6. The summed E-state index contributed by atoms with van der Waals surface area (Å²) in [5.41, 5.74) is 8.42. The Labute approximate surface area is 319 Å². The fourth-order valence-corrected chi connectivity index (χ4v) is 3.94. The van der Waals surface area contributed by atoms with Crippen LogP contribution in [0.5, 0.6) is 5.88 Å². The van der Waals surface area contributed by atoms with Crippen LogP contribution in [0.4, 0.5) is 0 Å². The highest BCUT2D eigenvalue weighted by molar-refractivity contribution is 5.20. The molecule has 5 aromatic rings. The first kappa shape index (κ1) is 54.6. The first-order valence-electron chi connectivity index (χ1n) is 19.2. The molecule has 1 saturated carbocycles. The quantitative estimate of drug-likeness (QED) is 0.179. The Morgan fingerprint density at radius 1 is 0.538 bits per heavy atom. The number of hydrogen-bond acceptors (Lipinski definition) is 6. The van der Waals surface area contributed by atoms with Gasteiger partial charge in [0.2, 0.25) is 5.88 Å². The minimum atomic E-state index is 0.706. The zero-order valence-electron chi connectivity index (χ0n) is 37.6. The molecule has 1 fully saturated rings. The van der Waals surface area contributed by atoms with Crippen LogP contribution in [0.1, 0.15) is 134 Å². The Kier molecular flexibility index (Phi) is 35.7. The largest absolute Gasteiger partial charge is 0.480 e. The normalized spacial score (nSPS) is 10.2. The van der Waals surface area contributed by atoms with Crippen molar-refractivity contribution in [1.82, 2.24) is 48.9 Å². The minimum absolute atomic E-state index is 0.706. The van der Waals surface area contributed by atoms with Crippen LogP contribution in [-0.2, 0) is 28.2 Å². The van der Waals surface area contributed by atoms with Gasteiger partial charge in [-0.2, -0.15) is 20.4 Å². The lowest BCUT2D eigenvalue weighted by Gasteiger charge is -2.25. The molecule has 0 radical (unpaired) electrons. The highest BCUT2D eigenvalue weighted by Gasteiger charge is 2.19. The third kappa shape index (κ3) is 23.3. The van der Waals surface area contributed by atoms with Gasteiger partial charge in [-0.15, -0.1) is 5.10 Å². The summed E-state index contributed by atoms with van der Waals surface area (Å²) in [5, 5.41) is 20.4. The van der Waals surface area contributed by atoms with Crippen LogP contribution in [0.3, 0.4) is 0 Å². The Morgan fingerprint density at radius 2 is 1.02 bits per heavy atom. The van der Waals surface area contributed by atoms with Crippen molar-refractivity contribution in [3.8, 4) is 5.88 Å². The van der Waals surface area contributed by atoms with E-state index in [4.69, 9.17) is 4.74 Å². The molecule has 0 bridgehead atoms. The van der Waals surface area contributed by atoms with Crippen molar-refractivity contribution >= 4 is 0 Å². The van der Waals surface area contributed by atoms with Crippen LogP contribution in [0.2, 0.25) is 0 Å². The molecule has 0 saturated heterocycles. The van der Waals surface area contributed by atoms with Gasteiger partial charge in [0.05, 0.1) is 37.4 Å². The predicted molar refractivity (Wildman–Crippen MR) is 224 cm³/mol. The number of ether oxygens (including phenoxy) is 1. The highest BCUT2D eigenvalue weighted by Crippen LogP contribution is 2.30. The zero-order chi connectivity index (χ0) is 41.4. The molecule has 0 spiro atoms. The van der Waals surface area contributed by atoms with E-state index < -0.39 is 0 Å². The Balaban J connectivity index is -0.000000262. The lowest BCUT2D eigenvalue weighted by atomic mass is 9.93. The summed E-state index contributed by atoms with van der Waals surface area (Å²) in [6, 6.07) is 0.716. The highest BCUT2D eigenvalue weighted by atomic mass is 16.5. The van der Waals surface area contributed by atoms with Crippen molar-refractivity contribution in [3.05, 3.63) is 82.6 Å². The zero-order valence-corrected chi connectivity index (χ0v) is 37.6. The number of aromatic nitrogens is 10. The number of methoxy groups -OCH3 is 1. The van der Waals surface area contributed by atoms with Crippen LogP contribution in [-0.4, -0.2) is 56.0 Å². The van der Waals surface area contributed by atoms with Gasteiger partial charge < -0.3 is 4.74 Å². The molecule has 52 heavy (non-hydrogen) atoms. The molecule has 1 aliphatic carbocycles. The molecule has 0 aromatic carbocycles. The van der Waals surface area contributed by atoms with Crippen molar-refractivity contribution in [2.24, 2.45) is 28.2 Å². The van der Waals surface area contributed by atoms with Gasteiger partial charge in [-0.25, -0.2) is 0 Å². The molecule has 0 unspecified atom stereocenters. The van der Waals surface area contributed by atoms with Crippen molar-refractivity contribution in [1.29, 1.82) is 0 Å². The third-order valence-corrected chi connectivity index (χ3v) is 6.91. The molecule has 300 valence electrons. The van der Waals surface area contributed by atoms with Crippen molar-refractivity contribution in [3.63, 3.8) is 0 Å². The fraction of sp³-hybridized carbons (Fsp3) is 0.634. The summed E-state index contributed by atoms with van der Waals surface area (Å²) >= 11 is 0. The smallest absolute Gasteiger partial charge is 0.235 e. The Hall–Kier alpha value is -4.15. The summed E-state index contributed by atoms with van der Waals surface area (Å²) in [4.78, 5) is 0. The van der Waals surface area contributed by atoms with E-state index in [1.165, 1.54) is 47.2 Å². The SMILES string of the molecule is CC.CC.CC.CC.CC.COc1nn(C)cc1C.Cc1cn(C)nc1C.Cc1cnn(C)c1.Cc1cnn(C)c1C.Cc1cnn(C2CCC2)c1. The van der Waals surface area contributed by atoms with Crippen LogP contribution in [0, 0.1) is 48.5 Å². The van der Waals surface area contributed by atoms with Gasteiger partial charge in [0.1, 0.15) is 0 Å². The molecular formula is C41H80N10O. The summed E-state index contributed by atoms with van der Waals surface area (Å²) < 4.78 is 14.2. The Bertz CT molecular complexity index is 1430. The van der Waals surface area contributed by atoms with E-state index in [1.807, 2.05) is 165 Å². The van der Waals surface area contributed by atoms with Crippen molar-refractivity contribution in [2.75, 3.05) is 7.11 Å². The lowest BCUT2D eigenvalue weighted by Crippen LogP contribution is -2.16. The second kappa shape index (κ2) is 34.0. The summed E-state index contributed by atoms with van der Waals surface area (Å²) in [6.45, 7) is 34.3. The van der Waals surface area contributed by atoms with E-state index in [0.717, 1.165) is 11.3 Å². The standard InChI is InChI=1S/C8H12N2.C6H10N2O.2C6H10N2.C5H8N2.5C2H6/c1-7-5-9-10(6-7)8-3-2-4-8;1-5-4-8(2)7-6(5)9-3;1-5-4-8(3)7-6(5)2;1-5-4-7-8(3)6(5)2;1-5-3-6-7(2)4-5;5*1-2/h5-6,8H,2-4H2,1H3;4H,1-3H3;2*4H,1-3H3;3-4H,1-2H3;5*1-2H3. The van der Waals surface area contributed by atoms with E-state index in [0.29, 0.717) is 11.9 Å². The van der Waals surface area contributed by atoms with Gasteiger partial charge in [0.25, 0.3) is 0 Å². The summed E-state index contributed by atoms with van der Waals surface area (Å²) in [7, 11) is 9.28. The molecular weight excluding hydrogens is 649 g/mol. The molecule has 11 nitrogen and oxygen atoms in total. The van der Waals surface area contributed by atoms with Crippen molar-refractivity contribution in [2.45, 2.75) is 143 Å². The van der Waals surface area contributed by atoms with Gasteiger partial charge >= 0.3 is 0 Å². The topological polar surface area (TPSA) is 98.3 Å². The van der Waals surface area contributed by atoms with E-state index in [1.54, 1.807) is 16.5 Å². The maximum Gasteiger partial charge on any atom is 0.235 e. The third-order valence-electron chi connectivity index (χ3n) is 6.91. The fourth-order valence-electron chi connectivity index (χ4n) is 3.94. The monoisotopic (exact) mass is 729 g/mol. The second-order valence-electron chi connectivity index (χ2n) is 10.9. The average molecular weight is 729 g/mol. The average Bonchev–Trinajstić information content (AvgIpc) is 3.95. The summed E-state index contributed by atoms with van der Waals surface area (Å²) in [5.74, 6) is 0.706. The molecule has 5 heterocycles. The van der Waals surface area contributed by atoms with Crippen LogP contribution >= 0.6 is 0 Å². The van der Waals surface area contributed by atoms with Gasteiger partial charge in [0, 0.05) is 64.2 Å². The molecule has 11 heteroatoms. The van der Waals surface area contributed by atoms with E-state index >= 15 is 0 Å². The maximum atomic E-state index is 4.93. The van der Waals surface area contributed by atoms with E-state index in [9.17, 15) is 0 Å². The number of nitrogens with zero attached hydrogens (tertiary/aromatic N) is 10. The molecule has 5 aromatic heterocycles. The van der Waals surface area contributed by atoms with Crippen molar-refractivity contribution < 1.29 is 4.74 Å². The van der Waals surface area contributed by atoms with E-state index in [2.05, 4.69) is 64.1 Å². The van der Waals surface area contributed by atoms with Crippen LogP contribution in [0.15, 0.2) is 43.4 Å². The van der Waals surface area contributed by atoms with Gasteiger partial charge in [-0.3, -0.25) is 23.4 Å². The van der Waals surface area contributed by atoms with Gasteiger partial charge in [-0.1, -0.05) is 69.2 Å². The Morgan fingerprint density at radius 3 is 1.19 bits per heavy atom. The van der Waals surface area contributed by atoms with Crippen LogP contribution in [0.25, 0.3) is 0 Å². The number of aryl methyl sites for hydroxylation is 10. The first-order valence-corrected chi connectivity index (χ1v) is 19.2. The molecule has 0 aliphatic heterocycles. The number of rotatable bonds is 2. The first-order chi connectivity index (χ1) is 24.8. The molecule has 0 amide bonds. The summed E-state index contributed by atoms with van der Waals surface area (Å²) in [6.07, 6.45) is 17.7. The van der Waals surface area contributed by atoms with E-state index in [-0.39, 0.29) is 0 Å². The minimum Gasteiger partial charge on any atom is -0.480 e. The second-order valence-corrected chi connectivity index (χ2v) is 10.9. The van der Waals surface area contributed by atoms with Gasteiger partial charge in [0.15, 0.2) is 0 Å². The lowest BCUT2D eigenvalue weighted by molar-refractivity contribution is 0.289. The van der Waals surface area contributed by atoms with Crippen LogP contribution < -0.4 is 4.74 Å². The molecule has 1 aliphatic rings. The maximum absolute atomic E-state index is 4.93. The number of hydrogen-bond donors (Lipinski definition) is 0.